The number of hydrogen-bond acceptors (Lipinski definition) is 3. The molecule has 27 heavy (non-hydrogen) atoms. The van der Waals surface area contributed by atoms with Crippen molar-refractivity contribution in [2.45, 2.75) is 45.5 Å². The molecule has 0 aliphatic heterocycles. The third-order valence-electron chi connectivity index (χ3n) is 3.75. The SMILES string of the molecule is CN=C(NCc1ncc(C(C)(C)C)o1)NCc1ccc(F)cc1C(F)(F)F. The van der Waals surface area contributed by atoms with Crippen LogP contribution in [0, 0.1) is 5.82 Å². The van der Waals surface area contributed by atoms with Crippen molar-refractivity contribution in [1.82, 2.24) is 15.6 Å². The Kier molecular flexibility index (Phi) is 6.12. The molecule has 2 rings (SSSR count). The standard InChI is InChI=1S/C18H22F4N4O/c1-17(2,3)14-9-24-15(27-14)10-26-16(23-4)25-8-11-5-6-12(19)7-13(11)18(20,21)22/h5-7,9H,8,10H2,1-4H3,(H2,23,25,26). The van der Waals surface area contributed by atoms with Gasteiger partial charge in [-0.1, -0.05) is 26.8 Å². The maximum Gasteiger partial charge on any atom is 0.416 e. The molecular formula is C18H22F4N4O. The molecule has 0 aliphatic rings. The number of aromatic nitrogens is 1. The highest BCUT2D eigenvalue weighted by atomic mass is 19.4. The summed E-state index contributed by atoms with van der Waals surface area (Å²) in [5, 5.41) is 5.69. The Labute approximate surface area is 154 Å². The number of hydrogen-bond donors (Lipinski definition) is 2. The van der Waals surface area contributed by atoms with Crippen LogP contribution in [-0.2, 0) is 24.7 Å². The normalized spacial score (nSPS) is 13.0. The smallest absolute Gasteiger partial charge is 0.416 e. The topological polar surface area (TPSA) is 62.5 Å². The maximum absolute atomic E-state index is 13.2. The largest absolute Gasteiger partial charge is 0.443 e. The zero-order valence-electron chi connectivity index (χ0n) is 15.5. The molecule has 0 radical (unpaired) electrons. The molecule has 0 bridgehead atoms. The summed E-state index contributed by atoms with van der Waals surface area (Å²) in [7, 11) is 1.49. The quantitative estimate of drug-likeness (QED) is 0.474. The third-order valence-corrected chi connectivity index (χ3v) is 3.75. The van der Waals surface area contributed by atoms with E-state index in [2.05, 4.69) is 20.6 Å². The van der Waals surface area contributed by atoms with Crippen LogP contribution in [0.2, 0.25) is 0 Å². The second-order valence-corrected chi connectivity index (χ2v) is 6.95. The van der Waals surface area contributed by atoms with E-state index in [-0.39, 0.29) is 30.0 Å². The van der Waals surface area contributed by atoms with Gasteiger partial charge < -0.3 is 15.1 Å². The average molecular weight is 386 g/mol. The predicted molar refractivity (Wildman–Crippen MR) is 93.6 cm³/mol. The first kappa shape index (κ1) is 20.7. The molecule has 0 spiro atoms. The monoisotopic (exact) mass is 386 g/mol. The zero-order valence-corrected chi connectivity index (χ0v) is 15.5. The third kappa shape index (κ3) is 5.70. The summed E-state index contributed by atoms with van der Waals surface area (Å²) in [6.45, 7) is 6.02. The number of rotatable bonds is 4. The number of guanidine groups is 1. The van der Waals surface area contributed by atoms with Crippen molar-refractivity contribution in [1.29, 1.82) is 0 Å². The number of nitrogens with zero attached hydrogens (tertiary/aromatic N) is 2. The molecular weight excluding hydrogens is 364 g/mol. The fourth-order valence-corrected chi connectivity index (χ4v) is 2.26. The minimum Gasteiger partial charge on any atom is -0.443 e. The van der Waals surface area contributed by atoms with Crippen LogP contribution < -0.4 is 10.6 Å². The van der Waals surface area contributed by atoms with E-state index in [9.17, 15) is 17.6 Å². The van der Waals surface area contributed by atoms with E-state index in [1.165, 1.54) is 7.05 Å². The first-order chi connectivity index (χ1) is 12.5. The van der Waals surface area contributed by atoms with Gasteiger partial charge in [0.05, 0.1) is 18.3 Å². The van der Waals surface area contributed by atoms with Crippen LogP contribution in [0.1, 0.15) is 43.5 Å². The molecule has 1 aromatic carbocycles. The highest BCUT2D eigenvalue weighted by Crippen LogP contribution is 2.32. The van der Waals surface area contributed by atoms with E-state index in [1.807, 2.05) is 20.8 Å². The molecule has 0 saturated carbocycles. The molecule has 148 valence electrons. The van der Waals surface area contributed by atoms with Crippen LogP contribution >= 0.6 is 0 Å². The van der Waals surface area contributed by atoms with Gasteiger partial charge in [-0.3, -0.25) is 4.99 Å². The molecule has 1 heterocycles. The number of oxazole rings is 1. The number of alkyl halides is 3. The summed E-state index contributed by atoms with van der Waals surface area (Å²) in [6.07, 6.45) is -3.00. The second-order valence-electron chi connectivity index (χ2n) is 6.95. The van der Waals surface area contributed by atoms with Gasteiger partial charge in [0, 0.05) is 19.0 Å². The van der Waals surface area contributed by atoms with Crippen LogP contribution in [0.3, 0.4) is 0 Å². The highest BCUT2D eigenvalue weighted by Gasteiger charge is 2.33. The van der Waals surface area contributed by atoms with Gasteiger partial charge >= 0.3 is 6.18 Å². The van der Waals surface area contributed by atoms with Gasteiger partial charge in [-0.2, -0.15) is 13.2 Å². The Morgan fingerprint density at radius 1 is 1.15 bits per heavy atom. The molecule has 9 heteroatoms. The van der Waals surface area contributed by atoms with Gasteiger partial charge in [0.1, 0.15) is 11.6 Å². The van der Waals surface area contributed by atoms with Crippen molar-refractivity contribution in [2.75, 3.05) is 7.05 Å². The van der Waals surface area contributed by atoms with E-state index >= 15 is 0 Å². The number of benzene rings is 1. The van der Waals surface area contributed by atoms with Crippen LogP contribution in [-0.4, -0.2) is 18.0 Å². The van der Waals surface area contributed by atoms with E-state index in [0.29, 0.717) is 12.0 Å². The van der Waals surface area contributed by atoms with Crippen LogP contribution in [0.5, 0.6) is 0 Å². The molecule has 1 aromatic heterocycles. The summed E-state index contributed by atoms with van der Waals surface area (Å²) in [5.41, 5.74) is -1.28. The second kappa shape index (κ2) is 7.98. The first-order valence-electron chi connectivity index (χ1n) is 8.26. The molecule has 0 atom stereocenters. The van der Waals surface area contributed by atoms with Gasteiger partial charge in [0.25, 0.3) is 0 Å². The van der Waals surface area contributed by atoms with Gasteiger partial charge in [-0.15, -0.1) is 0 Å². The molecule has 2 aromatic rings. The minimum absolute atomic E-state index is 0.0852. The lowest BCUT2D eigenvalue weighted by Gasteiger charge is -2.15. The minimum atomic E-state index is -4.64. The highest BCUT2D eigenvalue weighted by molar-refractivity contribution is 5.79. The Bertz CT molecular complexity index is 806. The van der Waals surface area contributed by atoms with E-state index in [4.69, 9.17) is 4.42 Å². The number of halogens is 4. The fourth-order valence-electron chi connectivity index (χ4n) is 2.26. The average Bonchev–Trinajstić information content (AvgIpc) is 3.04. The summed E-state index contributed by atoms with van der Waals surface area (Å²) in [4.78, 5) is 8.11. The van der Waals surface area contributed by atoms with E-state index in [0.717, 1.165) is 17.9 Å². The Balaban J connectivity index is 2.00. The van der Waals surface area contributed by atoms with Crippen LogP contribution in [0.25, 0.3) is 0 Å². The van der Waals surface area contributed by atoms with Gasteiger partial charge in [0.2, 0.25) is 5.89 Å². The summed E-state index contributed by atoms with van der Waals surface area (Å²) in [6, 6.07) is 2.57. The lowest BCUT2D eigenvalue weighted by atomic mass is 9.94. The van der Waals surface area contributed by atoms with Crippen LogP contribution in [0.15, 0.2) is 33.8 Å². The predicted octanol–water partition coefficient (Wildman–Crippen LogP) is 4.00. The van der Waals surface area contributed by atoms with Crippen molar-refractivity contribution >= 4 is 5.96 Å². The van der Waals surface area contributed by atoms with Crippen molar-refractivity contribution in [2.24, 2.45) is 4.99 Å². The van der Waals surface area contributed by atoms with Crippen molar-refractivity contribution in [3.05, 3.63) is 53.0 Å². The van der Waals surface area contributed by atoms with E-state index in [1.54, 1.807) is 6.20 Å². The molecule has 2 N–H and O–H groups in total. The Hall–Kier alpha value is -2.58. The summed E-state index contributed by atoms with van der Waals surface area (Å²) >= 11 is 0. The fraction of sp³-hybridized carbons (Fsp3) is 0.444. The molecule has 0 aliphatic carbocycles. The summed E-state index contributed by atoms with van der Waals surface area (Å²) in [5.74, 6) is 0.485. The molecule has 5 nitrogen and oxygen atoms in total. The Morgan fingerprint density at radius 2 is 1.81 bits per heavy atom. The van der Waals surface area contributed by atoms with Crippen LogP contribution in [0.4, 0.5) is 17.6 Å². The number of nitrogens with one attached hydrogen (secondary N) is 2. The maximum atomic E-state index is 13.2. The molecule has 0 unspecified atom stereocenters. The van der Waals surface area contributed by atoms with E-state index < -0.39 is 17.6 Å². The number of aliphatic imine (C=N–C) groups is 1. The summed E-state index contributed by atoms with van der Waals surface area (Å²) < 4.78 is 57.9. The van der Waals surface area contributed by atoms with Crippen molar-refractivity contribution in [3.8, 4) is 0 Å². The van der Waals surface area contributed by atoms with Gasteiger partial charge in [-0.05, 0) is 17.7 Å². The van der Waals surface area contributed by atoms with Crippen molar-refractivity contribution in [3.63, 3.8) is 0 Å². The molecule has 0 fully saturated rings. The van der Waals surface area contributed by atoms with Gasteiger partial charge in [0.15, 0.2) is 5.96 Å². The van der Waals surface area contributed by atoms with Crippen molar-refractivity contribution < 1.29 is 22.0 Å². The molecule has 0 saturated heterocycles. The first-order valence-corrected chi connectivity index (χ1v) is 8.26. The lowest BCUT2D eigenvalue weighted by Crippen LogP contribution is -2.36. The Morgan fingerprint density at radius 3 is 2.37 bits per heavy atom. The zero-order chi connectivity index (χ0) is 20.2. The molecule has 0 amide bonds. The lowest BCUT2D eigenvalue weighted by molar-refractivity contribution is -0.138. The van der Waals surface area contributed by atoms with Gasteiger partial charge in [-0.25, -0.2) is 9.37 Å².